The highest BCUT2D eigenvalue weighted by atomic mass is 32.2. The Morgan fingerprint density at radius 2 is 2.37 bits per heavy atom. The SMILES string of the molecule is COCCc1nc(C)c([C@@H](C)N[C@@H]2CCCSC2)s1. The van der Waals surface area contributed by atoms with E-state index in [4.69, 9.17) is 4.74 Å². The van der Waals surface area contributed by atoms with Crippen molar-refractivity contribution in [1.29, 1.82) is 0 Å². The number of nitrogens with one attached hydrogen (secondary N) is 1. The molecule has 0 bridgehead atoms. The molecule has 0 spiro atoms. The molecule has 1 aromatic rings. The summed E-state index contributed by atoms with van der Waals surface area (Å²) in [5, 5.41) is 4.96. The summed E-state index contributed by atoms with van der Waals surface area (Å²) < 4.78 is 5.13. The van der Waals surface area contributed by atoms with Crippen LogP contribution in [0.25, 0.3) is 0 Å². The van der Waals surface area contributed by atoms with Gasteiger partial charge in [-0.25, -0.2) is 4.98 Å². The van der Waals surface area contributed by atoms with Crippen LogP contribution in [0.15, 0.2) is 0 Å². The number of hydrogen-bond acceptors (Lipinski definition) is 5. The first-order valence-electron chi connectivity index (χ1n) is 6.99. The molecule has 1 saturated heterocycles. The van der Waals surface area contributed by atoms with E-state index in [9.17, 15) is 0 Å². The molecule has 2 rings (SSSR count). The molecule has 0 radical (unpaired) electrons. The van der Waals surface area contributed by atoms with Gasteiger partial charge in [-0.3, -0.25) is 0 Å². The van der Waals surface area contributed by atoms with Crippen molar-refractivity contribution < 1.29 is 4.74 Å². The molecule has 0 saturated carbocycles. The molecular weight excluding hydrogens is 276 g/mol. The second-order valence-electron chi connectivity index (χ2n) is 5.10. The van der Waals surface area contributed by atoms with E-state index in [1.165, 1.54) is 39.9 Å². The van der Waals surface area contributed by atoms with Gasteiger partial charge in [-0.15, -0.1) is 11.3 Å². The summed E-state index contributed by atoms with van der Waals surface area (Å²) in [5.74, 6) is 2.58. The van der Waals surface area contributed by atoms with Crippen LogP contribution in [0.2, 0.25) is 0 Å². The molecule has 1 fully saturated rings. The van der Waals surface area contributed by atoms with Crippen molar-refractivity contribution in [2.45, 2.75) is 45.2 Å². The third-order valence-corrected chi connectivity index (χ3v) is 6.05. The summed E-state index contributed by atoms with van der Waals surface area (Å²) in [6.45, 7) is 5.14. The topological polar surface area (TPSA) is 34.1 Å². The Morgan fingerprint density at radius 1 is 1.53 bits per heavy atom. The molecule has 2 heterocycles. The van der Waals surface area contributed by atoms with Gasteiger partial charge in [0.15, 0.2) is 0 Å². The van der Waals surface area contributed by atoms with Crippen LogP contribution in [0.5, 0.6) is 0 Å². The number of methoxy groups -OCH3 is 1. The maximum absolute atomic E-state index is 5.13. The smallest absolute Gasteiger partial charge is 0.0954 e. The number of ether oxygens (including phenoxy) is 1. The minimum absolute atomic E-state index is 0.414. The van der Waals surface area contributed by atoms with E-state index in [-0.39, 0.29) is 0 Å². The molecule has 5 heteroatoms. The summed E-state index contributed by atoms with van der Waals surface area (Å²) in [4.78, 5) is 6.05. The number of aryl methyl sites for hydroxylation is 1. The maximum Gasteiger partial charge on any atom is 0.0954 e. The zero-order chi connectivity index (χ0) is 13.7. The molecule has 0 aliphatic carbocycles. The lowest BCUT2D eigenvalue weighted by atomic mass is 10.1. The minimum atomic E-state index is 0.414. The molecule has 3 nitrogen and oxygen atoms in total. The Labute approximate surface area is 124 Å². The molecule has 1 aromatic heterocycles. The first-order valence-corrected chi connectivity index (χ1v) is 8.96. The monoisotopic (exact) mass is 300 g/mol. The third kappa shape index (κ3) is 4.45. The summed E-state index contributed by atoms with van der Waals surface area (Å²) in [6.07, 6.45) is 3.58. The van der Waals surface area contributed by atoms with E-state index in [0.717, 1.165) is 13.0 Å². The number of nitrogens with zero attached hydrogens (tertiary/aromatic N) is 1. The molecule has 0 amide bonds. The molecule has 1 N–H and O–H groups in total. The van der Waals surface area contributed by atoms with Crippen molar-refractivity contribution in [2.24, 2.45) is 0 Å². The van der Waals surface area contributed by atoms with E-state index >= 15 is 0 Å². The highest BCUT2D eigenvalue weighted by molar-refractivity contribution is 7.99. The molecule has 1 aliphatic rings. The molecule has 19 heavy (non-hydrogen) atoms. The van der Waals surface area contributed by atoms with Crippen LogP contribution < -0.4 is 5.32 Å². The third-order valence-electron chi connectivity index (χ3n) is 3.44. The zero-order valence-electron chi connectivity index (χ0n) is 12.1. The number of thioether (sulfide) groups is 1. The van der Waals surface area contributed by atoms with E-state index in [1.54, 1.807) is 7.11 Å². The number of rotatable bonds is 6. The Kier molecular flexibility index (Phi) is 6.13. The van der Waals surface area contributed by atoms with E-state index in [0.29, 0.717) is 12.1 Å². The van der Waals surface area contributed by atoms with Crippen LogP contribution in [0.4, 0.5) is 0 Å². The van der Waals surface area contributed by atoms with Gasteiger partial charge in [-0.1, -0.05) is 0 Å². The quantitative estimate of drug-likeness (QED) is 0.875. The van der Waals surface area contributed by atoms with Crippen LogP contribution in [0.3, 0.4) is 0 Å². The van der Waals surface area contributed by atoms with Crippen molar-refractivity contribution in [3.63, 3.8) is 0 Å². The van der Waals surface area contributed by atoms with Crippen molar-refractivity contribution in [1.82, 2.24) is 10.3 Å². The van der Waals surface area contributed by atoms with Crippen LogP contribution in [-0.2, 0) is 11.2 Å². The Bertz CT molecular complexity index is 389. The lowest BCUT2D eigenvalue weighted by molar-refractivity contribution is 0.202. The fourth-order valence-corrected chi connectivity index (χ4v) is 4.61. The van der Waals surface area contributed by atoms with Crippen molar-refractivity contribution in [2.75, 3.05) is 25.2 Å². The Hall–Kier alpha value is -0.100. The van der Waals surface area contributed by atoms with E-state index in [2.05, 4.69) is 35.9 Å². The summed E-state index contributed by atoms with van der Waals surface area (Å²) in [6, 6.07) is 1.08. The van der Waals surface area contributed by atoms with Crippen molar-refractivity contribution in [3.8, 4) is 0 Å². The van der Waals surface area contributed by atoms with Gasteiger partial charge < -0.3 is 10.1 Å². The van der Waals surface area contributed by atoms with Gasteiger partial charge in [0.2, 0.25) is 0 Å². The Morgan fingerprint density at radius 3 is 3.05 bits per heavy atom. The van der Waals surface area contributed by atoms with Gasteiger partial charge in [0.25, 0.3) is 0 Å². The summed E-state index contributed by atoms with van der Waals surface area (Å²) >= 11 is 3.91. The highest BCUT2D eigenvalue weighted by Gasteiger charge is 2.19. The fraction of sp³-hybridized carbons (Fsp3) is 0.786. The van der Waals surface area contributed by atoms with Crippen molar-refractivity contribution >= 4 is 23.1 Å². The highest BCUT2D eigenvalue weighted by Crippen LogP contribution is 2.27. The summed E-state index contributed by atoms with van der Waals surface area (Å²) in [7, 11) is 1.74. The van der Waals surface area contributed by atoms with Gasteiger partial charge in [-0.2, -0.15) is 11.8 Å². The number of hydrogen-bond donors (Lipinski definition) is 1. The van der Waals surface area contributed by atoms with E-state index < -0.39 is 0 Å². The largest absolute Gasteiger partial charge is 0.384 e. The first-order chi connectivity index (χ1) is 9.20. The zero-order valence-corrected chi connectivity index (χ0v) is 13.7. The van der Waals surface area contributed by atoms with Gasteiger partial charge in [0, 0.05) is 36.2 Å². The van der Waals surface area contributed by atoms with Crippen LogP contribution in [-0.4, -0.2) is 36.2 Å². The molecule has 0 unspecified atom stereocenters. The predicted octanol–water partition coefficient (Wildman–Crippen LogP) is 3.19. The minimum Gasteiger partial charge on any atom is -0.384 e. The second-order valence-corrected chi connectivity index (χ2v) is 7.37. The summed E-state index contributed by atoms with van der Waals surface area (Å²) in [5.41, 5.74) is 1.18. The molecular formula is C14H24N2OS2. The average molecular weight is 300 g/mol. The van der Waals surface area contributed by atoms with Gasteiger partial charge in [0.1, 0.15) is 0 Å². The Balaban J connectivity index is 1.93. The molecule has 108 valence electrons. The van der Waals surface area contributed by atoms with Gasteiger partial charge in [0.05, 0.1) is 17.3 Å². The van der Waals surface area contributed by atoms with Crippen LogP contribution in [0.1, 0.15) is 41.4 Å². The number of aromatic nitrogens is 1. The lowest BCUT2D eigenvalue weighted by Gasteiger charge is -2.26. The van der Waals surface area contributed by atoms with Gasteiger partial charge in [-0.05, 0) is 32.4 Å². The van der Waals surface area contributed by atoms with Crippen molar-refractivity contribution in [3.05, 3.63) is 15.6 Å². The normalized spacial score (nSPS) is 21.5. The second kappa shape index (κ2) is 7.62. The molecule has 1 aliphatic heterocycles. The molecule has 2 atom stereocenters. The lowest BCUT2D eigenvalue weighted by Crippen LogP contribution is -2.35. The van der Waals surface area contributed by atoms with Gasteiger partial charge >= 0.3 is 0 Å². The van der Waals surface area contributed by atoms with E-state index in [1.807, 2.05) is 11.3 Å². The molecule has 0 aromatic carbocycles. The van der Waals surface area contributed by atoms with Crippen LogP contribution >= 0.6 is 23.1 Å². The maximum atomic E-state index is 5.13. The first kappa shape index (κ1) is 15.3. The van der Waals surface area contributed by atoms with Crippen LogP contribution in [0, 0.1) is 6.92 Å². The standard InChI is InChI=1S/C14H24N2OS2/c1-10(15-12-5-4-8-18-9-12)14-11(2)16-13(19-14)6-7-17-3/h10,12,15H,4-9H2,1-3H3/t10-,12-/m1/s1. The fourth-order valence-electron chi connectivity index (χ4n) is 2.47. The average Bonchev–Trinajstić information content (AvgIpc) is 2.79. The number of thiazole rings is 1. The predicted molar refractivity (Wildman–Crippen MR) is 84.3 cm³/mol.